The van der Waals surface area contributed by atoms with E-state index >= 15 is 0 Å². The quantitative estimate of drug-likeness (QED) is 0.380. The van der Waals surface area contributed by atoms with Crippen LogP contribution in [-0.2, 0) is 22.7 Å². The molecule has 0 amide bonds. The van der Waals surface area contributed by atoms with Crippen LogP contribution in [0.3, 0.4) is 0 Å². The summed E-state index contributed by atoms with van der Waals surface area (Å²) >= 11 is 9.41. The number of hydrogen-bond acceptors (Lipinski definition) is 2. The fraction of sp³-hybridized carbons (Fsp3) is 0.261. The third kappa shape index (κ3) is 5.49. The van der Waals surface area contributed by atoms with E-state index in [1.807, 2.05) is 55.1 Å². The molecule has 3 aromatic rings. The molecule has 0 bridgehead atoms. The summed E-state index contributed by atoms with van der Waals surface area (Å²) in [5.41, 5.74) is 3.34. The number of carbonyl (C=O) groups is 1. The molecule has 5 heteroatoms. The molecule has 0 saturated carbocycles. The normalized spacial score (nSPS) is 12.2. The largest absolute Gasteiger partial charge is 0.443 e. The van der Waals surface area contributed by atoms with Crippen molar-refractivity contribution in [2.75, 3.05) is 0 Å². The lowest BCUT2D eigenvalue weighted by atomic mass is 9.88. The molecule has 1 aromatic heterocycles. The number of benzene rings is 2. The Bertz CT molecular complexity index is 917. The summed E-state index contributed by atoms with van der Waals surface area (Å²) in [6.07, 6.45) is 4.80. The maximum atomic E-state index is 12.7. The van der Waals surface area contributed by atoms with Crippen LogP contribution in [0.2, 0.25) is 5.02 Å². The molecule has 0 saturated heterocycles. The van der Waals surface area contributed by atoms with Crippen molar-refractivity contribution in [3.8, 4) is 0 Å². The standard InChI is InChI=1S/C23H23BrClNO2/c1-16(2)22(19-5-9-21(25)10-6-19)23(27)28-15-26-12-11-18(14-26)13-17-3-7-20(24)8-4-17/h3-12,14,16,22H,13,15H2,1-2H3. The summed E-state index contributed by atoms with van der Waals surface area (Å²) in [6.45, 7) is 4.25. The van der Waals surface area contributed by atoms with E-state index in [4.69, 9.17) is 16.3 Å². The van der Waals surface area contributed by atoms with Crippen molar-refractivity contribution in [2.45, 2.75) is 32.9 Å². The van der Waals surface area contributed by atoms with Gasteiger partial charge in [-0.15, -0.1) is 0 Å². The number of aromatic nitrogens is 1. The summed E-state index contributed by atoms with van der Waals surface area (Å²) in [5, 5.41) is 0.658. The summed E-state index contributed by atoms with van der Waals surface area (Å²) in [4.78, 5) is 12.7. The zero-order valence-electron chi connectivity index (χ0n) is 15.9. The van der Waals surface area contributed by atoms with E-state index in [1.165, 1.54) is 11.1 Å². The second kappa shape index (κ2) is 9.44. The molecule has 28 heavy (non-hydrogen) atoms. The van der Waals surface area contributed by atoms with E-state index in [1.54, 1.807) is 12.1 Å². The molecule has 3 rings (SSSR count). The van der Waals surface area contributed by atoms with Crippen LogP contribution >= 0.6 is 27.5 Å². The van der Waals surface area contributed by atoms with Gasteiger partial charge < -0.3 is 9.30 Å². The van der Waals surface area contributed by atoms with Gasteiger partial charge in [-0.1, -0.05) is 65.6 Å². The Hall–Kier alpha value is -2.04. The third-order valence-electron chi connectivity index (χ3n) is 4.64. The van der Waals surface area contributed by atoms with Crippen molar-refractivity contribution in [2.24, 2.45) is 5.92 Å². The van der Waals surface area contributed by atoms with Crippen molar-refractivity contribution in [1.82, 2.24) is 4.57 Å². The summed E-state index contributed by atoms with van der Waals surface area (Å²) in [7, 11) is 0. The molecule has 0 aliphatic heterocycles. The van der Waals surface area contributed by atoms with E-state index in [2.05, 4.69) is 34.1 Å². The smallest absolute Gasteiger partial charge is 0.315 e. The van der Waals surface area contributed by atoms with Crippen LogP contribution in [0, 0.1) is 5.92 Å². The van der Waals surface area contributed by atoms with Gasteiger partial charge in [0.15, 0.2) is 6.73 Å². The monoisotopic (exact) mass is 459 g/mol. The SMILES string of the molecule is CC(C)C(C(=O)OCn1ccc(Cc2ccc(Br)cc2)c1)c1ccc(Cl)cc1. The van der Waals surface area contributed by atoms with Gasteiger partial charge >= 0.3 is 5.97 Å². The molecule has 0 radical (unpaired) electrons. The molecule has 1 atom stereocenters. The van der Waals surface area contributed by atoms with E-state index in [-0.39, 0.29) is 24.5 Å². The van der Waals surface area contributed by atoms with Crippen LogP contribution in [0.5, 0.6) is 0 Å². The van der Waals surface area contributed by atoms with Gasteiger partial charge in [0.2, 0.25) is 0 Å². The van der Waals surface area contributed by atoms with Crippen molar-refractivity contribution < 1.29 is 9.53 Å². The lowest BCUT2D eigenvalue weighted by Crippen LogP contribution is -2.21. The van der Waals surface area contributed by atoms with Gasteiger partial charge in [0, 0.05) is 21.9 Å². The first-order valence-corrected chi connectivity index (χ1v) is 10.4. The molecule has 1 heterocycles. The van der Waals surface area contributed by atoms with Gasteiger partial charge in [0.05, 0.1) is 5.92 Å². The van der Waals surface area contributed by atoms with Crippen molar-refractivity contribution in [1.29, 1.82) is 0 Å². The van der Waals surface area contributed by atoms with Gasteiger partial charge in [0.25, 0.3) is 0 Å². The average molecular weight is 461 g/mol. The van der Waals surface area contributed by atoms with Crippen LogP contribution in [0.25, 0.3) is 0 Å². The molecule has 0 spiro atoms. The Morgan fingerprint density at radius 2 is 1.71 bits per heavy atom. The summed E-state index contributed by atoms with van der Waals surface area (Å²) in [5.74, 6) is -0.401. The fourth-order valence-electron chi connectivity index (χ4n) is 3.20. The van der Waals surface area contributed by atoms with Gasteiger partial charge in [-0.05, 0) is 59.4 Å². The highest BCUT2D eigenvalue weighted by Crippen LogP contribution is 2.27. The second-order valence-electron chi connectivity index (χ2n) is 7.20. The first-order valence-electron chi connectivity index (χ1n) is 9.23. The van der Waals surface area contributed by atoms with Crippen LogP contribution in [0.4, 0.5) is 0 Å². The minimum absolute atomic E-state index is 0.131. The maximum Gasteiger partial charge on any atom is 0.315 e. The number of ether oxygens (including phenoxy) is 1. The predicted octanol–water partition coefficient (Wildman–Crippen LogP) is 6.44. The van der Waals surface area contributed by atoms with Crippen molar-refractivity contribution in [3.05, 3.63) is 93.2 Å². The zero-order chi connectivity index (χ0) is 20.1. The molecule has 0 N–H and O–H groups in total. The lowest BCUT2D eigenvalue weighted by Gasteiger charge is -2.20. The van der Waals surface area contributed by atoms with Gasteiger partial charge in [0.1, 0.15) is 0 Å². The van der Waals surface area contributed by atoms with E-state index in [0.717, 1.165) is 16.5 Å². The molecule has 3 nitrogen and oxygen atoms in total. The molecule has 1 unspecified atom stereocenters. The van der Waals surface area contributed by atoms with Gasteiger partial charge in [-0.2, -0.15) is 0 Å². The number of esters is 1. The van der Waals surface area contributed by atoms with Crippen LogP contribution in [-0.4, -0.2) is 10.5 Å². The third-order valence-corrected chi connectivity index (χ3v) is 5.42. The molecular weight excluding hydrogens is 438 g/mol. The highest BCUT2D eigenvalue weighted by atomic mass is 79.9. The van der Waals surface area contributed by atoms with E-state index < -0.39 is 0 Å². The summed E-state index contributed by atoms with van der Waals surface area (Å²) < 4.78 is 8.56. The Kier molecular flexibility index (Phi) is 6.97. The fourth-order valence-corrected chi connectivity index (χ4v) is 3.59. The minimum Gasteiger partial charge on any atom is -0.443 e. The number of hydrogen-bond donors (Lipinski definition) is 0. The van der Waals surface area contributed by atoms with E-state index in [0.29, 0.717) is 5.02 Å². The average Bonchev–Trinajstić information content (AvgIpc) is 3.11. The molecule has 146 valence electrons. The lowest BCUT2D eigenvalue weighted by molar-refractivity contribution is -0.150. The predicted molar refractivity (Wildman–Crippen MR) is 117 cm³/mol. The Labute approximate surface area is 179 Å². The molecule has 2 aromatic carbocycles. The molecule has 0 aliphatic rings. The van der Waals surface area contributed by atoms with Crippen LogP contribution in [0.1, 0.15) is 36.5 Å². The zero-order valence-corrected chi connectivity index (χ0v) is 18.3. The first kappa shape index (κ1) is 20.7. The Morgan fingerprint density at radius 1 is 1.04 bits per heavy atom. The minimum atomic E-state index is -0.310. The number of halogens is 2. The maximum absolute atomic E-state index is 12.7. The van der Waals surface area contributed by atoms with E-state index in [9.17, 15) is 4.79 Å². The second-order valence-corrected chi connectivity index (χ2v) is 8.56. The van der Waals surface area contributed by atoms with Crippen LogP contribution < -0.4 is 0 Å². The number of carbonyl (C=O) groups excluding carboxylic acids is 1. The number of rotatable bonds is 7. The molecule has 0 fully saturated rings. The van der Waals surface area contributed by atoms with Crippen molar-refractivity contribution in [3.63, 3.8) is 0 Å². The van der Waals surface area contributed by atoms with Crippen molar-refractivity contribution >= 4 is 33.5 Å². The van der Waals surface area contributed by atoms with Gasteiger partial charge in [-0.3, -0.25) is 4.79 Å². The highest BCUT2D eigenvalue weighted by molar-refractivity contribution is 9.10. The van der Waals surface area contributed by atoms with Crippen LogP contribution in [0.15, 0.2) is 71.5 Å². The first-order chi connectivity index (χ1) is 13.4. The highest BCUT2D eigenvalue weighted by Gasteiger charge is 2.25. The molecule has 0 aliphatic carbocycles. The Balaban J connectivity index is 1.61. The topological polar surface area (TPSA) is 31.2 Å². The Morgan fingerprint density at radius 3 is 2.36 bits per heavy atom. The summed E-state index contributed by atoms with van der Waals surface area (Å²) in [6, 6.07) is 17.7. The van der Waals surface area contributed by atoms with Gasteiger partial charge in [-0.25, -0.2) is 0 Å². The number of nitrogens with zero attached hydrogens (tertiary/aromatic N) is 1. The molecular formula is C23H23BrClNO2.